The van der Waals surface area contributed by atoms with Crippen LogP contribution in [0.15, 0.2) is 48.5 Å². The summed E-state index contributed by atoms with van der Waals surface area (Å²) in [5, 5.41) is 17.3. The molecular formula is C18H17N3O3. The molecule has 1 heterocycles. The number of aromatic carboxylic acids is 1. The average Bonchev–Trinajstić information content (AvgIpc) is 2.99. The van der Waals surface area contributed by atoms with Gasteiger partial charge in [-0.2, -0.15) is 0 Å². The third-order valence-electron chi connectivity index (χ3n) is 3.72. The van der Waals surface area contributed by atoms with Crippen molar-refractivity contribution >= 4 is 5.97 Å². The van der Waals surface area contributed by atoms with E-state index < -0.39 is 5.97 Å². The number of ether oxygens (including phenoxy) is 1. The minimum atomic E-state index is -1.10. The van der Waals surface area contributed by atoms with Crippen molar-refractivity contribution in [3.05, 3.63) is 65.4 Å². The summed E-state index contributed by atoms with van der Waals surface area (Å²) in [5.74, 6) is -0.398. The maximum absolute atomic E-state index is 11.5. The van der Waals surface area contributed by atoms with Crippen LogP contribution in [0, 0.1) is 6.92 Å². The Morgan fingerprint density at radius 2 is 1.96 bits per heavy atom. The third-order valence-corrected chi connectivity index (χ3v) is 3.72. The van der Waals surface area contributed by atoms with E-state index in [4.69, 9.17) is 4.74 Å². The fourth-order valence-electron chi connectivity index (χ4n) is 2.59. The number of carboxylic acids is 1. The SMILES string of the molecule is COc1ccc(-c2c(C(=O)O)nnn2Cc2cccc(C)c2)cc1. The molecule has 0 amide bonds. The summed E-state index contributed by atoms with van der Waals surface area (Å²) in [6, 6.07) is 15.2. The second kappa shape index (κ2) is 6.54. The van der Waals surface area contributed by atoms with E-state index in [1.807, 2.05) is 31.2 Å². The van der Waals surface area contributed by atoms with Gasteiger partial charge in [-0.05, 0) is 36.8 Å². The van der Waals surface area contributed by atoms with E-state index in [9.17, 15) is 9.90 Å². The maximum atomic E-state index is 11.5. The molecule has 0 aliphatic carbocycles. The highest BCUT2D eigenvalue weighted by Gasteiger charge is 2.20. The second-order valence-corrected chi connectivity index (χ2v) is 5.47. The molecule has 6 nitrogen and oxygen atoms in total. The van der Waals surface area contributed by atoms with Crippen LogP contribution in [0.1, 0.15) is 21.6 Å². The normalized spacial score (nSPS) is 10.6. The summed E-state index contributed by atoms with van der Waals surface area (Å²) in [4.78, 5) is 11.5. The van der Waals surface area contributed by atoms with Crippen molar-refractivity contribution in [1.82, 2.24) is 15.0 Å². The van der Waals surface area contributed by atoms with Gasteiger partial charge >= 0.3 is 5.97 Å². The van der Waals surface area contributed by atoms with Crippen LogP contribution in [0.3, 0.4) is 0 Å². The number of methoxy groups -OCH3 is 1. The number of hydrogen-bond acceptors (Lipinski definition) is 4. The third kappa shape index (κ3) is 3.12. The van der Waals surface area contributed by atoms with Gasteiger partial charge < -0.3 is 9.84 Å². The summed E-state index contributed by atoms with van der Waals surface area (Å²) in [7, 11) is 1.58. The molecule has 1 aromatic heterocycles. The van der Waals surface area contributed by atoms with Gasteiger partial charge in [0.25, 0.3) is 0 Å². The molecule has 0 unspecified atom stereocenters. The first-order chi connectivity index (χ1) is 11.6. The van der Waals surface area contributed by atoms with E-state index in [2.05, 4.69) is 10.3 Å². The Hall–Kier alpha value is -3.15. The highest BCUT2D eigenvalue weighted by atomic mass is 16.5. The molecule has 0 atom stereocenters. The van der Waals surface area contributed by atoms with Crippen molar-refractivity contribution in [2.75, 3.05) is 7.11 Å². The zero-order valence-corrected chi connectivity index (χ0v) is 13.4. The van der Waals surface area contributed by atoms with Crippen LogP contribution < -0.4 is 4.74 Å². The van der Waals surface area contributed by atoms with Gasteiger partial charge in [0.1, 0.15) is 11.4 Å². The molecule has 0 saturated heterocycles. The van der Waals surface area contributed by atoms with Crippen molar-refractivity contribution in [3.8, 4) is 17.0 Å². The molecule has 0 radical (unpaired) electrons. The zero-order chi connectivity index (χ0) is 17.1. The van der Waals surface area contributed by atoms with Gasteiger partial charge in [-0.15, -0.1) is 5.10 Å². The quantitative estimate of drug-likeness (QED) is 0.781. The number of rotatable bonds is 5. The summed E-state index contributed by atoms with van der Waals surface area (Å²) >= 11 is 0. The monoisotopic (exact) mass is 323 g/mol. The number of hydrogen-bond donors (Lipinski definition) is 1. The van der Waals surface area contributed by atoms with Gasteiger partial charge in [0.15, 0.2) is 5.69 Å². The molecule has 122 valence electrons. The van der Waals surface area contributed by atoms with E-state index in [1.54, 1.807) is 36.1 Å². The van der Waals surface area contributed by atoms with Crippen molar-refractivity contribution in [3.63, 3.8) is 0 Å². The summed E-state index contributed by atoms with van der Waals surface area (Å²) < 4.78 is 6.76. The number of aryl methyl sites for hydroxylation is 1. The molecule has 1 N–H and O–H groups in total. The lowest BCUT2D eigenvalue weighted by Crippen LogP contribution is -2.06. The van der Waals surface area contributed by atoms with Crippen molar-refractivity contribution in [2.24, 2.45) is 0 Å². The van der Waals surface area contributed by atoms with E-state index in [0.29, 0.717) is 18.0 Å². The average molecular weight is 323 g/mol. The minimum absolute atomic E-state index is 0.0622. The molecule has 0 aliphatic rings. The number of nitrogens with zero attached hydrogens (tertiary/aromatic N) is 3. The van der Waals surface area contributed by atoms with Gasteiger partial charge in [-0.3, -0.25) is 0 Å². The van der Waals surface area contributed by atoms with Crippen LogP contribution in [0.5, 0.6) is 5.75 Å². The standard InChI is InChI=1S/C18H17N3O3/c1-12-4-3-5-13(10-12)11-21-17(16(18(22)23)19-20-21)14-6-8-15(24-2)9-7-14/h3-10H,11H2,1-2H3,(H,22,23). The first-order valence-corrected chi connectivity index (χ1v) is 7.45. The first-order valence-electron chi connectivity index (χ1n) is 7.45. The Morgan fingerprint density at radius 3 is 2.58 bits per heavy atom. The lowest BCUT2D eigenvalue weighted by atomic mass is 10.1. The Balaban J connectivity index is 2.05. The largest absolute Gasteiger partial charge is 0.497 e. The Kier molecular flexibility index (Phi) is 4.29. The summed E-state index contributed by atoms with van der Waals surface area (Å²) in [6.45, 7) is 2.46. The fourth-order valence-corrected chi connectivity index (χ4v) is 2.59. The van der Waals surface area contributed by atoms with Gasteiger partial charge in [0, 0.05) is 5.56 Å². The van der Waals surface area contributed by atoms with Crippen LogP contribution in [-0.2, 0) is 6.54 Å². The van der Waals surface area contributed by atoms with Crippen molar-refractivity contribution in [1.29, 1.82) is 0 Å². The topological polar surface area (TPSA) is 77.2 Å². The van der Waals surface area contributed by atoms with Crippen molar-refractivity contribution in [2.45, 2.75) is 13.5 Å². The molecule has 0 fully saturated rings. The molecule has 3 rings (SSSR count). The molecule has 0 saturated carbocycles. The Morgan fingerprint density at radius 1 is 1.21 bits per heavy atom. The highest BCUT2D eigenvalue weighted by Crippen LogP contribution is 2.25. The maximum Gasteiger partial charge on any atom is 0.358 e. The number of carboxylic acid groups (broad SMARTS) is 1. The highest BCUT2D eigenvalue weighted by molar-refractivity contribution is 5.92. The minimum Gasteiger partial charge on any atom is -0.497 e. The van der Waals surface area contributed by atoms with Gasteiger partial charge in [-0.25, -0.2) is 9.48 Å². The van der Waals surface area contributed by atoms with Gasteiger partial charge in [0.2, 0.25) is 0 Å². The molecule has 6 heteroatoms. The molecule has 0 bridgehead atoms. The van der Waals surface area contributed by atoms with Crippen LogP contribution in [0.2, 0.25) is 0 Å². The van der Waals surface area contributed by atoms with Crippen LogP contribution in [0.4, 0.5) is 0 Å². The molecule has 0 aliphatic heterocycles. The van der Waals surface area contributed by atoms with Crippen LogP contribution in [-0.4, -0.2) is 33.2 Å². The smallest absolute Gasteiger partial charge is 0.358 e. The molecule has 0 spiro atoms. The summed E-state index contributed by atoms with van der Waals surface area (Å²) in [5.41, 5.74) is 3.31. The van der Waals surface area contributed by atoms with E-state index in [-0.39, 0.29) is 5.69 Å². The number of carbonyl (C=O) groups is 1. The number of benzene rings is 2. The van der Waals surface area contributed by atoms with E-state index in [1.165, 1.54) is 0 Å². The lowest BCUT2D eigenvalue weighted by molar-refractivity contribution is 0.0691. The molecular weight excluding hydrogens is 306 g/mol. The van der Waals surface area contributed by atoms with E-state index >= 15 is 0 Å². The van der Waals surface area contributed by atoms with Gasteiger partial charge in [-0.1, -0.05) is 35.0 Å². The van der Waals surface area contributed by atoms with E-state index in [0.717, 1.165) is 16.7 Å². The summed E-state index contributed by atoms with van der Waals surface area (Å²) in [6.07, 6.45) is 0. The van der Waals surface area contributed by atoms with Crippen LogP contribution >= 0.6 is 0 Å². The second-order valence-electron chi connectivity index (χ2n) is 5.47. The number of aromatic nitrogens is 3. The first kappa shape index (κ1) is 15.7. The lowest BCUT2D eigenvalue weighted by Gasteiger charge is -2.09. The molecule has 3 aromatic rings. The zero-order valence-electron chi connectivity index (χ0n) is 13.4. The molecule has 24 heavy (non-hydrogen) atoms. The predicted molar refractivity (Wildman–Crippen MR) is 89.3 cm³/mol. The Labute approximate surface area is 139 Å². The molecule has 2 aromatic carbocycles. The van der Waals surface area contributed by atoms with Crippen LogP contribution in [0.25, 0.3) is 11.3 Å². The predicted octanol–water partition coefficient (Wildman–Crippen LogP) is 3.01. The fraction of sp³-hybridized carbons (Fsp3) is 0.167. The Bertz CT molecular complexity index is 869. The van der Waals surface area contributed by atoms with Gasteiger partial charge in [0.05, 0.1) is 13.7 Å². The van der Waals surface area contributed by atoms with Crippen molar-refractivity contribution < 1.29 is 14.6 Å².